The third kappa shape index (κ3) is 3.65. The van der Waals surface area contributed by atoms with E-state index in [0.29, 0.717) is 24.3 Å². The van der Waals surface area contributed by atoms with E-state index in [1.54, 1.807) is 7.11 Å². The molecule has 1 saturated heterocycles. The monoisotopic (exact) mass is 305 g/mol. The van der Waals surface area contributed by atoms with Crippen molar-refractivity contribution in [3.8, 4) is 5.75 Å². The number of benzene rings is 1. The summed E-state index contributed by atoms with van der Waals surface area (Å²) in [5.41, 5.74) is 2.54. The molecule has 0 spiro atoms. The highest BCUT2D eigenvalue weighted by molar-refractivity contribution is 6.00. The highest BCUT2D eigenvalue weighted by Crippen LogP contribution is 2.26. The van der Waals surface area contributed by atoms with Crippen molar-refractivity contribution in [3.63, 3.8) is 0 Å². The highest BCUT2D eigenvalue weighted by Gasteiger charge is 2.27. The number of piperidine rings is 1. The number of carboxylic acids is 1. The van der Waals surface area contributed by atoms with Crippen LogP contribution in [0.1, 0.15) is 34.3 Å². The summed E-state index contributed by atoms with van der Waals surface area (Å²) in [7, 11) is 1.57. The van der Waals surface area contributed by atoms with Crippen molar-refractivity contribution in [3.05, 3.63) is 28.8 Å². The van der Waals surface area contributed by atoms with Crippen LogP contribution in [0, 0.1) is 19.8 Å². The predicted octanol–water partition coefficient (Wildman–Crippen LogP) is 2.29. The molecule has 1 N–H and O–H groups in total. The fourth-order valence-electron chi connectivity index (χ4n) is 3.12. The Morgan fingerprint density at radius 1 is 1.36 bits per heavy atom. The maximum atomic E-state index is 12.6. The second-order valence-electron chi connectivity index (χ2n) is 6.00. The van der Waals surface area contributed by atoms with E-state index >= 15 is 0 Å². The molecule has 5 heteroatoms. The van der Waals surface area contributed by atoms with Crippen LogP contribution < -0.4 is 4.74 Å². The number of Topliss-reactive ketones (excluding diaryl/α,β-unsaturated/α-hetero) is 1. The number of hydrogen-bond acceptors (Lipinski definition) is 4. The van der Waals surface area contributed by atoms with Gasteiger partial charge in [-0.3, -0.25) is 14.5 Å². The fraction of sp³-hybridized carbons (Fsp3) is 0.529. The summed E-state index contributed by atoms with van der Waals surface area (Å²) in [6.07, 6.45) is 1.50. The molecule has 1 aromatic rings. The molecule has 0 amide bonds. The minimum atomic E-state index is -0.777. The van der Waals surface area contributed by atoms with Gasteiger partial charge < -0.3 is 9.84 Å². The van der Waals surface area contributed by atoms with E-state index in [4.69, 9.17) is 9.84 Å². The van der Waals surface area contributed by atoms with E-state index in [2.05, 4.69) is 0 Å². The van der Waals surface area contributed by atoms with Crippen molar-refractivity contribution in [2.75, 3.05) is 26.7 Å². The molecule has 1 aromatic carbocycles. The number of carboxylic acid groups (broad SMARTS) is 1. The first-order chi connectivity index (χ1) is 10.4. The summed E-state index contributed by atoms with van der Waals surface area (Å²) in [5.74, 6) is -0.555. The Labute approximate surface area is 130 Å². The Bertz CT molecular complexity index is 582. The third-order valence-corrected chi connectivity index (χ3v) is 4.15. The molecule has 1 atom stereocenters. The number of aliphatic carboxylic acids is 1. The Balaban J connectivity index is 2.14. The van der Waals surface area contributed by atoms with E-state index in [1.807, 2.05) is 30.9 Å². The number of methoxy groups -OCH3 is 1. The zero-order valence-electron chi connectivity index (χ0n) is 13.4. The topological polar surface area (TPSA) is 66.8 Å². The Morgan fingerprint density at radius 3 is 2.73 bits per heavy atom. The fourth-order valence-corrected chi connectivity index (χ4v) is 3.12. The van der Waals surface area contributed by atoms with Crippen LogP contribution in [0.4, 0.5) is 0 Å². The van der Waals surface area contributed by atoms with Crippen molar-refractivity contribution in [2.45, 2.75) is 26.7 Å². The number of nitrogens with zero attached hydrogens (tertiary/aromatic N) is 1. The second-order valence-corrected chi connectivity index (χ2v) is 6.00. The number of carbonyl (C=O) groups excluding carboxylic acids is 1. The summed E-state index contributed by atoms with van der Waals surface area (Å²) in [6, 6.07) is 3.82. The average molecular weight is 305 g/mol. The minimum Gasteiger partial charge on any atom is -0.496 e. The van der Waals surface area contributed by atoms with Crippen molar-refractivity contribution in [1.29, 1.82) is 0 Å². The van der Waals surface area contributed by atoms with Crippen LogP contribution in [-0.4, -0.2) is 48.5 Å². The molecule has 120 valence electrons. The number of ether oxygens (including phenoxy) is 1. The molecule has 5 nitrogen and oxygen atoms in total. The largest absolute Gasteiger partial charge is 0.496 e. The van der Waals surface area contributed by atoms with Crippen LogP contribution >= 0.6 is 0 Å². The van der Waals surface area contributed by atoms with E-state index < -0.39 is 5.97 Å². The summed E-state index contributed by atoms with van der Waals surface area (Å²) < 4.78 is 5.37. The average Bonchev–Trinajstić information content (AvgIpc) is 2.46. The van der Waals surface area contributed by atoms with Crippen LogP contribution in [0.2, 0.25) is 0 Å². The van der Waals surface area contributed by atoms with Gasteiger partial charge in [-0.05, 0) is 50.4 Å². The van der Waals surface area contributed by atoms with Gasteiger partial charge in [0.15, 0.2) is 5.78 Å². The molecule has 0 saturated carbocycles. The molecule has 0 bridgehead atoms. The van der Waals surface area contributed by atoms with Gasteiger partial charge in [-0.15, -0.1) is 0 Å². The lowest BCUT2D eigenvalue weighted by atomic mass is 9.97. The molecule has 0 aliphatic carbocycles. The summed E-state index contributed by atoms with van der Waals surface area (Å²) in [4.78, 5) is 25.7. The zero-order chi connectivity index (χ0) is 16.3. The van der Waals surface area contributed by atoms with Crippen molar-refractivity contribution in [1.82, 2.24) is 4.90 Å². The standard InChI is InChI=1S/C17H23NO4/c1-11-7-12(2)16(22-3)14(8-11)15(19)10-18-6-4-5-13(9-18)17(20)21/h7-8,13H,4-6,9-10H2,1-3H3,(H,20,21). The van der Waals surface area contributed by atoms with Crippen molar-refractivity contribution >= 4 is 11.8 Å². The lowest BCUT2D eigenvalue weighted by Crippen LogP contribution is -2.41. The molecular formula is C17H23NO4. The van der Waals surface area contributed by atoms with Crippen LogP contribution in [0.5, 0.6) is 5.75 Å². The molecule has 1 aliphatic rings. The lowest BCUT2D eigenvalue weighted by molar-refractivity contribution is -0.143. The molecule has 0 radical (unpaired) electrons. The summed E-state index contributed by atoms with van der Waals surface area (Å²) >= 11 is 0. The minimum absolute atomic E-state index is 0.0188. The molecular weight excluding hydrogens is 282 g/mol. The normalized spacial score (nSPS) is 19.0. The maximum absolute atomic E-state index is 12.6. The molecule has 1 aliphatic heterocycles. The van der Waals surface area contributed by atoms with E-state index in [9.17, 15) is 9.59 Å². The first-order valence-corrected chi connectivity index (χ1v) is 7.56. The van der Waals surface area contributed by atoms with Gasteiger partial charge in [0.1, 0.15) is 5.75 Å². The first kappa shape index (κ1) is 16.5. The van der Waals surface area contributed by atoms with Gasteiger partial charge in [0.2, 0.25) is 0 Å². The third-order valence-electron chi connectivity index (χ3n) is 4.15. The highest BCUT2D eigenvalue weighted by atomic mass is 16.5. The lowest BCUT2D eigenvalue weighted by Gasteiger charge is -2.30. The van der Waals surface area contributed by atoms with E-state index in [0.717, 1.165) is 24.1 Å². The van der Waals surface area contributed by atoms with E-state index in [-0.39, 0.29) is 18.2 Å². The Morgan fingerprint density at radius 2 is 2.09 bits per heavy atom. The molecule has 1 fully saturated rings. The molecule has 2 rings (SSSR count). The SMILES string of the molecule is COc1c(C)cc(C)cc1C(=O)CN1CCCC(C(=O)O)C1. The molecule has 0 aromatic heterocycles. The van der Waals surface area contributed by atoms with E-state index in [1.165, 1.54) is 0 Å². The quantitative estimate of drug-likeness (QED) is 0.845. The zero-order valence-corrected chi connectivity index (χ0v) is 13.4. The Hall–Kier alpha value is -1.88. The first-order valence-electron chi connectivity index (χ1n) is 7.56. The van der Waals surface area contributed by atoms with Gasteiger partial charge in [0.25, 0.3) is 0 Å². The van der Waals surface area contributed by atoms with Gasteiger partial charge in [0, 0.05) is 6.54 Å². The number of rotatable bonds is 5. The number of ketones is 1. The van der Waals surface area contributed by atoms with Crippen molar-refractivity contribution < 1.29 is 19.4 Å². The van der Waals surface area contributed by atoms with Crippen LogP contribution in [0.3, 0.4) is 0 Å². The number of hydrogen-bond donors (Lipinski definition) is 1. The number of likely N-dealkylation sites (tertiary alicyclic amines) is 1. The number of aryl methyl sites for hydroxylation is 2. The maximum Gasteiger partial charge on any atom is 0.307 e. The van der Waals surface area contributed by atoms with Gasteiger partial charge in [0.05, 0.1) is 25.1 Å². The van der Waals surface area contributed by atoms with Crippen LogP contribution in [0.25, 0.3) is 0 Å². The Kier molecular flexibility index (Phi) is 5.19. The van der Waals surface area contributed by atoms with Crippen LogP contribution in [0.15, 0.2) is 12.1 Å². The predicted molar refractivity (Wildman–Crippen MR) is 83.6 cm³/mol. The van der Waals surface area contributed by atoms with Crippen molar-refractivity contribution in [2.24, 2.45) is 5.92 Å². The molecule has 1 heterocycles. The van der Waals surface area contributed by atoms with Gasteiger partial charge >= 0.3 is 5.97 Å². The summed E-state index contributed by atoms with van der Waals surface area (Å²) in [6.45, 7) is 5.31. The smallest absolute Gasteiger partial charge is 0.307 e. The van der Waals surface area contributed by atoms with Gasteiger partial charge in [-0.2, -0.15) is 0 Å². The molecule has 22 heavy (non-hydrogen) atoms. The van der Waals surface area contributed by atoms with Gasteiger partial charge in [-0.25, -0.2) is 0 Å². The van der Waals surface area contributed by atoms with Crippen LogP contribution in [-0.2, 0) is 4.79 Å². The second kappa shape index (κ2) is 6.92. The number of carbonyl (C=O) groups is 2. The molecule has 1 unspecified atom stereocenters. The summed E-state index contributed by atoms with van der Waals surface area (Å²) in [5, 5.41) is 9.13. The van der Waals surface area contributed by atoms with Gasteiger partial charge in [-0.1, -0.05) is 6.07 Å².